The number of rotatable bonds is 0. The van der Waals surface area contributed by atoms with Gasteiger partial charge < -0.3 is 9.97 Å². The molecule has 0 atom stereocenters. The molecule has 0 amide bonds. The van der Waals surface area contributed by atoms with E-state index in [1.54, 1.807) is 0 Å². The predicted molar refractivity (Wildman–Crippen MR) is 156 cm³/mol. The van der Waals surface area contributed by atoms with Crippen LogP contribution in [0, 0.1) is 37.7 Å². The molecular weight excluding hydrogens is 661 g/mol. The third-order valence-corrected chi connectivity index (χ3v) is 7.46. The Kier molecular flexibility index (Phi) is 5.50. The number of nitrogens with one attached hydrogen (secondary N) is 2. The molecule has 0 fully saturated rings. The van der Waals surface area contributed by atoms with Gasteiger partial charge in [-0.2, -0.15) is 0 Å². The van der Waals surface area contributed by atoms with Gasteiger partial charge in [0.15, 0.2) is 23.3 Å². The third kappa shape index (κ3) is 3.72. The Morgan fingerprint density at radius 1 is 0.317 bits per heavy atom. The van der Waals surface area contributed by atoms with E-state index < -0.39 is 0 Å². The first-order valence-electron chi connectivity index (χ1n) is 13.0. The summed E-state index contributed by atoms with van der Waals surface area (Å²) in [6, 6.07) is 32.2. The molecule has 194 valence electrons. The largest absolute Gasteiger partial charge is 3.00 e. The first kappa shape index (κ1) is 24.3. The van der Waals surface area contributed by atoms with Crippen LogP contribution in [0.5, 0.6) is 0 Å². The molecule has 0 radical (unpaired) electrons. The number of aromatic amines is 2. The van der Waals surface area contributed by atoms with Crippen LogP contribution in [0.15, 0.2) is 97.1 Å². The average molecular weight is 679 g/mol. The fraction of sp³-hybridized carbons (Fsp3) is 0. The molecule has 0 saturated carbocycles. The smallest absolute Gasteiger partial charge is 0.324 e. The van der Waals surface area contributed by atoms with E-state index in [9.17, 15) is 0 Å². The second-order valence-corrected chi connectivity index (χ2v) is 9.79. The number of fused-ring (bicyclic) bond motifs is 20. The molecule has 8 nitrogen and oxygen atoms in total. The first-order chi connectivity index (χ1) is 19.8. The summed E-state index contributed by atoms with van der Waals surface area (Å²) in [5.41, 5.74) is 6.45. The summed E-state index contributed by atoms with van der Waals surface area (Å²) in [6.45, 7) is 0. The van der Waals surface area contributed by atoms with Crippen LogP contribution in [0.4, 0.5) is 0 Å². The van der Waals surface area contributed by atoms with Crippen LogP contribution in [0.25, 0.3) is 89.7 Å². The van der Waals surface area contributed by atoms with E-state index in [2.05, 4.69) is 9.97 Å². The molecule has 7 aromatic rings. The van der Waals surface area contributed by atoms with E-state index >= 15 is 0 Å². The molecule has 5 heterocycles. The van der Waals surface area contributed by atoms with Crippen molar-refractivity contribution >= 4 is 44.1 Å². The summed E-state index contributed by atoms with van der Waals surface area (Å²) < 4.78 is 0. The molecule has 0 aliphatic carbocycles. The minimum atomic E-state index is 0. The minimum absolute atomic E-state index is 0. The number of hydrogen-bond acceptors (Lipinski definition) is 6. The Bertz CT molecular complexity index is 2030. The predicted octanol–water partition coefficient (Wildman–Crippen LogP) is 6.87. The molecule has 0 unspecified atom stereocenters. The van der Waals surface area contributed by atoms with E-state index in [0.717, 1.165) is 43.8 Å². The van der Waals surface area contributed by atoms with Crippen molar-refractivity contribution in [3.63, 3.8) is 0 Å². The molecule has 8 bridgehead atoms. The topological polar surface area (TPSA) is 109 Å². The molecular formula is C32H18HoN8+3. The zero-order valence-corrected chi connectivity index (χ0v) is 23.2. The van der Waals surface area contributed by atoms with E-state index in [0.29, 0.717) is 45.9 Å². The molecule has 2 N–H and O–H groups in total. The van der Waals surface area contributed by atoms with E-state index in [-0.39, 0.29) is 37.7 Å². The molecule has 2 aliphatic heterocycles. The number of benzene rings is 4. The first-order valence-corrected chi connectivity index (χ1v) is 13.0. The molecule has 9 heteroatoms. The normalized spacial score (nSPS) is 11.7. The van der Waals surface area contributed by atoms with Crippen LogP contribution in [0.1, 0.15) is 0 Å². The minimum Gasteiger partial charge on any atom is -0.324 e. The van der Waals surface area contributed by atoms with Crippen LogP contribution < -0.4 is 0 Å². The van der Waals surface area contributed by atoms with Gasteiger partial charge in [0.2, 0.25) is 0 Å². The van der Waals surface area contributed by atoms with E-state index in [4.69, 9.17) is 29.9 Å². The van der Waals surface area contributed by atoms with Crippen molar-refractivity contribution in [1.29, 1.82) is 0 Å². The number of aromatic nitrogens is 8. The van der Waals surface area contributed by atoms with E-state index in [1.165, 1.54) is 0 Å². The summed E-state index contributed by atoms with van der Waals surface area (Å²) >= 11 is 0. The van der Waals surface area contributed by atoms with Crippen molar-refractivity contribution in [3.8, 4) is 45.6 Å². The van der Waals surface area contributed by atoms with Gasteiger partial charge in [-0.05, 0) is 0 Å². The standard InChI is InChI=1S/C32H18N8.Ho/c1-2-10-18-17(9-1)25-33-26(18)38-28-21-13-5-6-14-22(21)30(35-28)40-32-24-16-8-7-15-23(24)31(36-32)39-29-20-12-4-3-11-19(20)27(34-29)37-25;/h1-16H,(H2,33,34,35,36,37,38,39,40);/q;+3. The Hall–Kier alpha value is -4.50. The summed E-state index contributed by atoms with van der Waals surface area (Å²) in [5.74, 6) is 2.39. The van der Waals surface area contributed by atoms with Gasteiger partial charge in [0, 0.05) is 43.8 Å². The van der Waals surface area contributed by atoms with Crippen LogP contribution >= 0.6 is 0 Å². The Labute approximate surface area is 262 Å². The molecule has 0 saturated heterocycles. The summed E-state index contributed by atoms with van der Waals surface area (Å²) in [6.07, 6.45) is 0. The average Bonchev–Trinajstić information content (AvgIpc) is 3.73. The van der Waals surface area contributed by atoms with Gasteiger partial charge in [0.05, 0.1) is 0 Å². The van der Waals surface area contributed by atoms with Crippen molar-refractivity contribution in [2.24, 2.45) is 0 Å². The molecule has 4 aromatic carbocycles. The van der Waals surface area contributed by atoms with Crippen LogP contribution in [0.2, 0.25) is 0 Å². The summed E-state index contributed by atoms with van der Waals surface area (Å²) in [5, 5.41) is 3.82. The monoisotopic (exact) mass is 679 g/mol. The van der Waals surface area contributed by atoms with Crippen LogP contribution in [-0.4, -0.2) is 39.9 Å². The maximum absolute atomic E-state index is 5.02. The summed E-state index contributed by atoms with van der Waals surface area (Å²) in [4.78, 5) is 36.8. The fourth-order valence-electron chi connectivity index (χ4n) is 5.59. The molecule has 9 rings (SSSR count). The molecule has 3 aromatic heterocycles. The second-order valence-electron chi connectivity index (χ2n) is 9.79. The van der Waals surface area contributed by atoms with Crippen LogP contribution in [0.3, 0.4) is 0 Å². The van der Waals surface area contributed by atoms with Gasteiger partial charge in [-0.25, -0.2) is 29.9 Å². The number of nitrogens with zero attached hydrogens (tertiary/aromatic N) is 6. The van der Waals surface area contributed by atoms with Crippen molar-refractivity contribution in [2.45, 2.75) is 0 Å². The van der Waals surface area contributed by atoms with Gasteiger partial charge in [0.1, 0.15) is 22.6 Å². The maximum atomic E-state index is 5.02. The zero-order valence-electron chi connectivity index (χ0n) is 21.2. The van der Waals surface area contributed by atoms with Gasteiger partial charge in [-0.3, -0.25) is 0 Å². The Morgan fingerprint density at radius 2 is 0.561 bits per heavy atom. The van der Waals surface area contributed by atoms with Crippen molar-refractivity contribution in [3.05, 3.63) is 97.1 Å². The van der Waals surface area contributed by atoms with Gasteiger partial charge in [-0.15, -0.1) is 0 Å². The van der Waals surface area contributed by atoms with Crippen LogP contribution in [-0.2, 0) is 0 Å². The number of H-pyrrole nitrogens is 2. The second kappa shape index (κ2) is 9.27. The van der Waals surface area contributed by atoms with Gasteiger partial charge in [0.25, 0.3) is 0 Å². The SMILES string of the molecule is [Ho+3].c1ccc2c(c1)-c1nc-2nc2[nH]c(nc3nc(nc4[nH]c(n1)c1ccccc41)-c1ccccc1-3)c1ccccc21. The zero-order chi connectivity index (χ0) is 26.2. The molecule has 2 aliphatic rings. The van der Waals surface area contributed by atoms with Crippen molar-refractivity contribution in [2.75, 3.05) is 0 Å². The maximum Gasteiger partial charge on any atom is 3.00 e. The van der Waals surface area contributed by atoms with Crippen molar-refractivity contribution < 1.29 is 37.7 Å². The molecule has 41 heavy (non-hydrogen) atoms. The summed E-state index contributed by atoms with van der Waals surface area (Å²) in [7, 11) is 0. The Balaban J connectivity index is 0.00000256. The Morgan fingerprint density at radius 3 is 0.829 bits per heavy atom. The van der Waals surface area contributed by atoms with Gasteiger partial charge >= 0.3 is 37.7 Å². The third-order valence-electron chi connectivity index (χ3n) is 7.46. The quantitative estimate of drug-likeness (QED) is 0.170. The van der Waals surface area contributed by atoms with E-state index in [1.807, 2.05) is 97.1 Å². The van der Waals surface area contributed by atoms with Crippen molar-refractivity contribution in [1.82, 2.24) is 39.9 Å². The molecule has 0 spiro atoms. The van der Waals surface area contributed by atoms with Gasteiger partial charge in [-0.1, -0.05) is 97.1 Å². The fourth-order valence-corrected chi connectivity index (χ4v) is 5.59. The number of hydrogen-bond donors (Lipinski definition) is 2.